The highest BCUT2D eigenvalue weighted by atomic mass is 16.6. The van der Waals surface area contributed by atoms with Gasteiger partial charge in [-0.3, -0.25) is 9.69 Å². The number of hydrogen-bond donors (Lipinski definition) is 1. The number of anilines is 1. The van der Waals surface area contributed by atoms with E-state index in [2.05, 4.69) is 5.32 Å². The largest absolute Gasteiger partial charge is 0.460 e. The fraction of sp³-hybridized carbons (Fsp3) is 0.581. The van der Waals surface area contributed by atoms with Gasteiger partial charge in [0.1, 0.15) is 17.2 Å². The lowest BCUT2D eigenvalue weighted by Crippen LogP contribution is -2.46. The van der Waals surface area contributed by atoms with Gasteiger partial charge in [-0.25, -0.2) is 9.59 Å². The van der Waals surface area contributed by atoms with Gasteiger partial charge in [-0.05, 0) is 82.7 Å². The molecular formula is C31H42N2O8. The molecule has 4 rings (SSSR count). The van der Waals surface area contributed by atoms with Crippen molar-refractivity contribution in [2.75, 3.05) is 45.4 Å². The SMILES string of the molecule is COCCOCCCOC(=O)c1cc2cc(NC(=O)[C@@H]3C(=C4CCCCC4)CCN3C(=O)OC(C)(C)C)ccc2o1. The molecule has 0 spiro atoms. The number of likely N-dealkylation sites (tertiary alicyclic amines) is 1. The van der Waals surface area contributed by atoms with Crippen LogP contribution in [0, 0.1) is 0 Å². The molecule has 1 N–H and O–H groups in total. The zero-order chi connectivity index (χ0) is 29.4. The van der Waals surface area contributed by atoms with Crippen LogP contribution in [-0.4, -0.2) is 74.6 Å². The van der Waals surface area contributed by atoms with Gasteiger partial charge in [0, 0.05) is 37.8 Å². The maximum atomic E-state index is 13.7. The van der Waals surface area contributed by atoms with Gasteiger partial charge in [0.05, 0.1) is 19.8 Å². The van der Waals surface area contributed by atoms with Gasteiger partial charge in [0.25, 0.3) is 5.91 Å². The van der Waals surface area contributed by atoms with Crippen LogP contribution in [0.1, 0.15) is 76.3 Å². The molecule has 1 aliphatic carbocycles. The molecule has 2 aromatic rings. The minimum Gasteiger partial charge on any atom is -0.460 e. The minimum atomic E-state index is -0.720. The summed E-state index contributed by atoms with van der Waals surface area (Å²) in [6.45, 7) is 7.58. The van der Waals surface area contributed by atoms with Crippen LogP contribution in [0.4, 0.5) is 10.5 Å². The van der Waals surface area contributed by atoms with E-state index in [9.17, 15) is 14.4 Å². The summed E-state index contributed by atoms with van der Waals surface area (Å²) in [7, 11) is 1.61. The van der Waals surface area contributed by atoms with Gasteiger partial charge in [0.15, 0.2) is 0 Å². The van der Waals surface area contributed by atoms with E-state index in [1.54, 1.807) is 36.3 Å². The number of fused-ring (bicyclic) bond motifs is 1. The average Bonchev–Trinajstić information content (AvgIpc) is 3.57. The van der Waals surface area contributed by atoms with Gasteiger partial charge in [0.2, 0.25) is 5.76 Å². The zero-order valence-corrected chi connectivity index (χ0v) is 24.6. The Labute approximate surface area is 241 Å². The number of carbonyl (C=O) groups excluding carboxylic acids is 3. The number of nitrogens with zero attached hydrogens (tertiary/aromatic N) is 1. The molecule has 2 heterocycles. The smallest absolute Gasteiger partial charge is 0.411 e. The van der Waals surface area contributed by atoms with Crippen LogP contribution < -0.4 is 5.32 Å². The summed E-state index contributed by atoms with van der Waals surface area (Å²) in [5.41, 5.74) is 2.70. The number of benzene rings is 1. The highest BCUT2D eigenvalue weighted by molar-refractivity contribution is 6.01. The number of rotatable bonds is 10. The van der Waals surface area contributed by atoms with Crippen molar-refractivity contribution in [3.05, 3.63) is 41.2 Å². The molecule has 2 aliphatic rings. The van der Waals surface area contributed by atoms with Gasteiger partial charge < -0.3 is 28.7 Å². The molecular weight excluding hydrogens is 528 g/mol. The Morgan fingerprint density at radius 2 is 1.78 bits per heavy atom. The number of hydrogen-bond acceptors (Lipinski definition) is 8. The predicted molar refractivity (Wildman–Crippen MR) is 154 cm³/mol. The van der Waals surface area contributed by atoms with Crippen LogP contribution in [0.3, 0.4) is 0 Å². The summed E-state index contributed by atoms with van der Waals surface area (Å²) in [6, 6.07) is 6.04. The third-order valence-electron chi connectivity index (χ3n) is 7.13. The normalized spacial score (nSPS) is 17.7. The van der Waals surface area contributed by atoms with Gasteiger partial charge in [-0.2, -0.15) is 0 Å². The number of allylic oxidation sites excluding steroid dienone is 1. The van der Waals surface area contributed by atoms with Crippen molar-refractivity contribution in [2.24, 2.45) is 0 Å². The number of furan rings is 1. The predicted octanol–water partition coefficient (Wildman–Crippen LogP) is 5.85. The second-order valence-electron chi connectivity index (χ2n) is 11.5. The first-order chi connectivity index (χ1) is 19.7. The lowest BCUT2D eigenvalue weighted by molar-refractivity contribution is -0.119. The number of ether oxygens (including phenoxy) is 4. The van der Waals surface area contributed by atoms with E-state index in [1.165, 1.54) is 12.0 Å². The first-order valence-corrected chi connectivity index (χ1v) is 14.4. The second kappa shape index (κ2) is 14.0. The molecule has 1 saturated heterocycles. The lowest BCUT2D eigenvalue weighted by atomic mass is 9.88. The van der Waals surface area contributed by atoms with E-state index in [4.69, 9.17) is 23.4 Å². The molecule has 0 radical (unpaired) electrons. The highest BCUT2D eigenvalue weighted by Crippen LogP contribution is 2.35. The quantitative estimate of drug-likeness (QED) is 0.215. The van der Waals surface area contributed by atoms with E-state index >= 15 is 0 Å². The summed E-state index contributed by atoms with van der Waals surface area (Å²) in [5.74, 6) is -0.761. The molecule has 1 aliphatic heterocycles. The second-order valence-corrected chi connectivity index (χ2v) is 11.5. The van der Waals surface area contributed by atoms with Crippen LogP contribution in [0.2, 0.25) is 0 Å². The molecule has 1 saturated carbocycles. The van der Waals surface area contributed by atoms with Crippen LogP contribution in [0.25, 0.3) is 11.0 Å². The standard InChI is InChI=1S/C31H42N2O8/c1-31(2,3)41-30(36)33-14-13-24(21-9-6-5-7-10-21)27(33)28(34)32-23-11-12-25-22(19-23)20-26(40-25)29(35)39-16-8-15-38-18-17-37-4/h11-12,19-20,27H,5-10,13-18H2,1-4H3,(H,32,34)/t27-/m0/s1. The van der Waals surface area contributed by atoms with E-state index in [-0.39, 0.29) is 18.3 Å². The molecule has 1 atom stereocenters. The Morgan fingerprint density at radius 1 is 1.00 bits per heavy atom. The third kappa shape index (κ3) is 8.33. The van der Waals surface area contributed by atoms with E-state index in [1.807, 2.05) is 20.8 Å². The Kier molecular flexibility index (Phi) is 10.4. The average molecular weight is 571 g/mol. The first-order valence-electron chi connectivity index (χ1n) is 14.4. The third-order valence-corrected chi connectivity index (χ3v) is 7.13. The fourth-order valence-corrected chi connectivity index (χ4v) is 5.26. The number of carbonyl (C=O) groups is 3. The number of amides is 2. The Morgan fingerprint density at radius 3 is 2.51 bits per heavy atom. The summed E-state index contributed by atoms with van der Waals surface area (Å²) >= 11 is 0. The number of esters is 1. The number of methoxy groups -OCH3 is 1. The Balaban J connectivity index is 1.44. The Bertz CT molecular complexity index is 1250. The number of nitrogens with one attached hydrogen (secondary N) is 1. The minimum absolute atomic E-state index is 0.0833. The molecule has 1 aromatic heterocycles. The molecule has 224 valence electrons. The topological polar surface area (TPSA) is 117 Å². The van der Waals surface area contributed by atoms with E-state index in [0.29, 0.717) is 55.9 Å². The van der Waals surface area contributed by atoms with Crippen molar-refractivity contribution in [3.8, 4) is 0 Å². The zero-order valence-electron chi connectivity index (χ0n) is 24.6. The van der Waals surface area contributed by atoms with Crippen molar-refractivity contribution in [3.63, 3.8) is 0 Å². The van der Waals surface area contributed by atoms with Crippen LogP contribution in [0.15, 0.2) is 39.8 Å². The van der Waals surface area contributed by atoms with E-state index in [0.717, 1.165) is 31.3 Å². The van der Waals surface area contributed by atoms with Crippen molar-refractivity contribution < 1.29 is 37.7 Å². The molecule has 0 unspecified atom stereocenters. The van der Waals surface area contributed by atoms with Crippen LogP contribution >= 0.6 is 0 Å². The summed E-state index contributed by atoms with van der Waals surface area (Å²) < 4.78 is 26.9. The van der Waals surface area contributed by atoms with Gasteiger partial charge in [-0.1, -0.05) is 12.0 Å². The summed E-state index contributed by atoms with van der Waals surface area (Å²) in [5, 5.41) is 3.64. The lowest BCUT2D eigenvalue weighted by Gasteiger charge is -2.29. The molecule has 0 bridgehead atoms. The summed E-state index contributed by atoms with van der Waals surface area (Å²) in [4.78, 5) is 40.8. The van der Waals surface area contributed by atoms with Crippen molar-refractivity contribution in [2.45, 2.75) is 77.4 Å². The van der Waals surface area contributed by atoms with E-state index < -0.39 is 23.7 Å². The molecule has 41 heavy (non-hydrogen) atoms. The first kappa shape index (κ1) is 30.6. The van der Waals surface area contributed by atoms with Crippen LogP contribution in [-0.2, 0) is 23.7 Å². The summed E-state index contributed by atoms with van der Waals surface area (Å²) in [6.07, 6.45) is 6.05. The van der Waals surface area contributed by atoms with Crippen molar-refractivity contribution in [1.29, 1.82) is 0 Å². The van der Waals surface area contributed by atoms with Crippen LogP contribution in [0.5, 0.6) is 0 Å². The molecule has 2 amide bonds. The van der Waals surface area contributed by atoms with Gasteiger partial charge >= 0.3 is 12.1 Å². The van der Waals surface area contributed by atoms with Crippen molar-refractivity contribution in [1.82, 2.24) is 4.90 Å². The molecule has 10 nitrogen and oxygen atoms in total. The molecule has 10 heteroatoms. The van der Waals surface area contributed by atoms with Crippen molar-refractivity contribution >= 4 is 34.6 Å². The molecule has 1 aromatic carbocycles. The molecule has 2 fully saturated rings. The Hall–Kier alpha value is -3.37. The maximum absolute atomic E-state index is 13.7. The monoisotopic (exact) mass is 570 g/mol. The fourth-order valence-electron chi connectivity index (χ4n) is 5.26. The maximum Gasteiger partial charge on any atom is 0.411 e. The highest BCUT2D eigenvalue weighted by Gasteiger charge is 2.41. The van der Waals surface area contributed by atoms with Gasteiger partial charge in [-0.15, -0.1) is 0 Å².